The number of para-hydroxylation sites is 1. The van der Waals surface area contributed by atoms with Gasteiger partial charge in [-0.05, 0) is 17.3 Å². The van der Waals surface area contributed by atoms with E-state index in [1.807, 2.05) is 66.7 Å². The summed E-state index contributed by atoms with van der Waals surface area (Å²) < 4.78 is 1.50. The minimum atomic E-state index is -0.397. The predicted octanol–water partition coefficient (Wildman–Crippen LogP) is 2.04. The van der Waals surface area contributed by atoms with Crippen LogP contribution < -0.4 is 5.32 Å². The first-order chi connectivity index (χ1) is 13.7. The Labute approximate surface area is 159 Å². The van der Waals surface area contributed by atoms with Crippen molar-refractivity contribution in [3.63, 3.8) is 0 Å². The van der Waals surface area contributed by atoms with E-state index < -0.39 is 5.91 Å². The molecular weight excluding hydrogens is 356 g/mol. The van der Waals surface area contributed by atoms with Gasteiger partial charge >= 0.3 is 0 Å². The molecule has 0 aliphatic heterocycles. The summed E-state index contributed by atoms with van der Waals surface area (Å²) >= 11 is 0. The molecule has 0 spiro atoms. The summed E-state index contributed by atoms with van der Waals surface area (Å²) in [6.07, 6.45) is 1.41. The van der Waals surface area contributed by atoms with Crippen molar-refractivity contribution in [2.24, 2.45) is 0 Å². The molecule has 2 heterocycles. The van der Waals surface area contributed by atoms with E-state index in [0.29, 0.717) is 11.6 Å². The Hall–Kier alpha value is -4.32. The van der Waals surface area contributed by atoms with Gasteiger partial charge in [-0.15, -0.1) is 10.2 Å². The van der Waals surface area contributed by atoms with Crippen molar-refractivity contribution >= 4 is 11.7 Å². The van der Waals surface area contributed by atoms with Crippen LogP contribution in [0.1, 0.15) is 5.56 Å². The number of anilines is 1. The molecule has 28 heavy (non-hydrogen) atoms. The van der Waals surface area contributed by atoms with E-state index in [1.165, 1.54) is 15.7 Å². The van der Waals surface area contributed by atoms with E-state index in [9.17, 15) is 10.1 Å². The van der Waals surface area contributed by atoms with Crippen LogP contribution in [0, 0.1) is 11.3 Å². The van der Waals surface area contributed by atoms with Crippen molar-refractivity contribution < 1.29 is 4.79 Å². The number of hydrogen-bond donors (Lipinski definition) is 1. The van der Waals surface area contributed by atoms with E-state index in [-0.39, 0.29) is 12.1 Å². The Morgan fingerprint density at radius 1 is 1.07 bits per heavy atom. The standard InChI is InChI=1S/C19H14N8O/c20-11-15-12-21-27(16-9-5-2-6-10-16)19(15)22-17(28)13-26-24-18(23-25-26)14-7-3-1-4-8-14/h1-10,12H,13H2,(H,22,28). The van der Waals surface area contributed by atoms with Gasteiger partial charge in [-0.25, -0.2) is 4.68 Å². The molecule has 1 amide bonds. The largest absolute Gasteiger partial charge is 0.308 e. The summed E-state index contributed by atoms with van der Waals surface area (Å²) in [6.45, 7) is -0.148. The fraction of sp³-hybridized carbons (Fsp3) is 0.0526. The number of aromatic nitrogens is 6. The number of nitrogens with zero attached hydrogens (tertiary/aromatic N) is 7. The molecule has 9 heteroatoms. The highest BCUT2D eigenvalue weighted by Crippen LogP contribution is 2.19. The molecule has 0 fully saturated rings. The Kier molecular flexibility index (Phi) is 4.59. The van der Waals surface area contributed by atoms with Gasteiger partial charge in [0.1, 0.15) is 18.2 Å². The first kappa shape index (κ1) is 17.1. The Bertz CT molecular complexity index is 1140. The minimum absolute atomic E-state index is 0.148. The average molecular weight is 370 g/mol. The van der Waals surface area contributed by atoms with Gasteiger partial charge in [0.25, 0.3) is 0 Å². The van der Waals surface area contributed by atoms with Crippen molar-refractivity contribution in [2.45, 2.75) is 6.54 Å². The number of rotatable bonds is 5. The van der Waals surface area contributed by atoms with Crippen LogP contribution in [0.4, 0.5) is 5.82 Å². The second kappa shape index (κ2) is 7.51. The van der Waals surface area contributed by atoms with E-state index in [4.69, 9.17) is 0 Å². The third-order valence-corrected chi connectivity index (χ3v) is 3.92. The molecule has 9 nitrogen and oxygen atoms in total. The average Bonchev–Trinajstić information content (AvgIpc) is 3.36. The van der Waals surface area contributed by atoms with Gasteiger partial charge in [0, 0.05) is 5.56 Å². The number of nitriles is 1. The monoisotopic (exact) mass is 370 g/mol. The SMILES string of the molecule is N#Cc1cnn(-c2ccccc2)c1NC(=O)Cn1nnc(-c2ccccc2)n1. The number of hydrogen-bond acceptors (Lipinski definition) is 6. The Morgan fingerprint density at radius 2 is 1.79 bits per heavy atom. The van der Waals surface area contributed by atoms with Crippen LogP contribution >= 0.6 is 0 Å². The van der Waals surface area contributed by atoms with Gasteiger partial charge < -0.3 is 5.32 Å². The van der Waals surface area contributed by atoms with Gasteiger partial charge in [-0.2, -0.15) is 15.2 Å². The van der Waals surface area contributed by atoms with E-state index >= 15 is 0 Å². The lowest BCUT2D eigenvalue weighted by molar-refractivity contribution is -0.117. The molecule has 0 aliphatic rings. The minimum Gasteiger partial charge on any atom is -0.308 e. The van der Waals surface area contributed by atoms with Crippen molar-refractivity contribution in [3.05, 3.63) is 72.4 Å². The lowest BCUT2D eigenvalue weighted by Crippen LogP contribution is -2.22. The summed E-state index contributed by atoms with van der Waals surface area (Å²) in [5.41, 5.74) is 1.79. The van der Waals surface area contributed by atoms with Crippen molar-refractivity contribution in [2.75, 3.05) is 5.32 Å². The molecule has 0 bridgehead atoms. The fourth-order valence-electron chi connectivity index (χ4n) is 2.63. The van der Waals surface area contributed by atoms with Crippen molar-refractivity contribution in [3.8, 4) is 23.1 Å². The van der Waals surface area contributed by atoms with Crippen LogP contribution in [0.2, 0.25) is 0 Å². The Morgan fingerprint density at radius 3 is 2.50 bits per heavy atom. The molecule has 0 aliphatic carbocycles. The normalized spacial score (nSPS) is 10.4. The van der Waals surface area contributed by atoms with Gasteiger partial charge in [0.2, 0.25) is 11.7 Å². The summed E-state index contributed by atoms with van der Waals surface area (Å²) in [6, 6.07) is 20.6. The van der Waals surface area contributed by atoms with E-state index in [0.717, 1.165) is 11.3 Å². The quantitative estimate of drug-likeness (QED) is 0.575. The van der Waals surface area contributed by atoms with Gasteiger partial charge in [-0.3, -0.25) is 4.79 Å². The van der Waals surface area contributed by atoms with Crippen molar-refractivity contribution in [1.82, 2.24) is 30.0 Å². The third kappa shape index (κ3) is 3.47. The number of carbonyl (C=O) groups is 1. The number of benzene rings is 2. The fourth-order valence-corrected chi connectivity index (χ4v) is 2.63. The van der Waals surface area contributed by atoms with Crippen LogP contribution in [-0.2, 0) is 11.3 Å². The zero-order valence-electron chi connectivity index (χ0n) is 14.6. The molecule has 0 saturated heterocycles. The maximum atomic E-state index is 12.5. The molecule has 0 saturated carbocycles. The number of amides is 1. The third-order valence-electron chi connectivity index (χ3n) is 3.92. The molecule has 2 aromatic heterocycles. The second-order valence-corrected chi connectivity index (χ2v) is 5.82. The molecule has 4 aromatic rings. The van der Waals surface area contributed by atoms with Gasteiger partial charge in [0.05, 0.1) is 11.9 Å². The zero-order chi connectivity index (χ0) is 19.3. The second-order valence-electron chi connectivity index (χ2n) is 5.82. The van der Waals surface area contributed by atoms with Crippen LogP contribution in [0.5, 0.6) is 0 Å². The number of tetrazole rings is 1. The summed E-state index contributed by atoms with van der Waals surface area (Å²) in [7, 11) is 0. The lowest BCUT2D eigenvalue weighted by Gasteiger charge is -2.09. The highest BCUT2D eigenvalue weighted by Gasteiger charge is 2.16. The van der Waals surface area contributed by atoms with Gasteiger partial charge in [-0.1, -0.05) is 48.5 Å². The molecule has 2 aromatic carbocycles. The predicted molar refractivity (Wildman–Crippen MR) is 100 cm³/mol. The summed E-state index contributed by atoms with van der Waals surface area (Å²) in [4.78, 5) is 13.7. The van der Waals surface area contributed by atoms with E-state index in [2.05, 4.69) is 25.8 Å². The molecule has 136 valence electrons. The first-order valence-electron chi connectivity index (χ1n) is 8.41. The molecular formula is C19H14N8O. The zero-order valence-corrected chi connectivity index (χ0v) is 14.6. The molecule has 4 rings (SSSR count). The first-order valence-corrected chi connectivity index (χ1v) is 8.41. The molecule has 0 atom stereocenters. The van der Waals surface area contributed by atoms with Crippen LogP contribution in [0.3, 0.4) is 0 Å². The number of carbonyl (C=O) groups excluding carboxylic acids is 1. The number of nitrogens with one attached hydrogen (secondary N) is 1. The van der Waals surface area contributed by atoms with E-state index in [1.54, 1.807) is 0 Å². The summed E-state index contributed by atoms with van der Waals surface area (Å²) in [5, 5.41) is 28.3. The molecule has 1 N–H and O–H groups in total. The Balaban J connectivity index is 1.53. The topological polar surface area (TPSA) is 114 Å². The van der Waals surface area contributed by atoms with Crippen LogP contribution in [0.25, 0.3) is 17.1 Å². The van der Waals surface area contributed by atoms with Crippen LogP contribution in [0.15, 0.2) is 66.9 Å². The lowest BCUT2D eigenvalue weighted by atomic mass is 10.2. The molecule has 0 unspecified atom stereocenters. The van der Waals surface area contributed by atoms with Crippen molar-refractivity contribution in [1.29, 1.82) is 5.26 Å². The van der Waals surface area contributed by atoms with Crippen LogP contribution in [-0.4, -0.2) is 35.9 Å². The van der Waals surface area contributed by atoms with Gasteiger partial charge in [0.15, 0.2) is 5.82 Å². The highest BCUT2D eigenvalue weighted by atomic mass is 16.2. The molecule has 0 radical (unpaired) electrons. The summed E-state index contributed by atoms with van der Waals surface area (Å²) in [5.74, 6) is 0.328. The highest BCUT2D eigenvalue weighted by molar-refractivity contribution is 5.91. The maximum Gasteiger partial charge on any atom is 0.249 e. The smallest absolute Gasteiger partial charge is 0.249 e. The maximum absolute atomic E-state index is 12.5.